The minimum atomic E-state index is -4.06. The van der Waals surface area contributed by atoms with Crippen LogP contribution in [0.3, 0.4) is 0 Å². The molecule has 0 heterocycles. The molecule has 4 aromatic carbocycles. The number of rotatable bonds is 9. The molecule has 36 heavy (non-hydrogen) atoms. The highest BCUT2D eigenvalue weighted by atomic mass is 32.2. The smallest absolute Gasteiger partial charge is 0.264 e. The van der Waals surface area contributed by atoms with Gasteiger partial charge in [-0.05, 0) is 42.3 Å². The van der Waals surface area contributed by atoms with E-state index in [0.717, 1.165) is 21.0 Å². The number of carbonyl (C=O) groups is 1. The third-order valence-electron chi connectivity index (χ3n) is 5.82. The summed E-state index contributed by atoms with van der Waals surface area (Å²) in [5, 5.41) is 3.04. The number of ether oxygens (including phenoxy) is 1. The summed E-state index contributed by atoms with van der Waals surface area (Å²) in [6.07, 6.45) is 0. The van der Waals surface area contributed by atoms with Crippen molar-refractivity contribution < 1.29 is 17.9 Å². The number of anilines is 1. The molecular weight excluding hydrogens is 472 g/mol. The van der Waals surface area contributed by atoms with Crippen LogP contribution in [-0.2, 0) is 14.8 Å². The van der Waals surface area contributed by atoms with Crippen molar-refractivity contribution in [2.75, 3.05) is 18.0 Å². The molecule has 7 heteroatoms. The minimum absolute atomic E-state index is 0.0850. The van der Waals surface area contributed by atoms with Crippen molar-refractivity contribution in [2.24, 2.45) is 0 Å². The first-order valence-electron chi connectivity index (χ1n) is 11.5. The van der Waals surface area contributed by atoms with Gasteiger partial charge in [-0.3, -0.25) is 9.10 Å². The van der Waals surface area contributed by atoms with Gasteiger partial charge in [0.2, 0.25) is 5.91 Å². The maximum atomic E-state index is 13.7. The molecule has 0 aliphatic heterocycles. The SMILES string of the molecule is COc1ccccc1N(CC(=O)N[C@@H](c1ccccc1)c1ccc(C)cc1)S(=O)(=O)c1ccccc1. The quantitative estimate of drug-likeness (QED) is 0.347. The highest BCUT2D eigenvalue weighted by molar-refractivity contribution is 7.92. The maximum Gasteiger partial charge on any atom is 0.264 e. The van der Waals surface area contributed by atoms with Crippen molar-refractivity contribution in [1.82, 2.24) is 5.32 Å². The lowest BCUT2D eigenvalue weighted by atomic mass is 9.98. The predicted molar refractivity (Wildman–Crippen MR) is 142 cm³/mol. The number of nitrogens with one attached hydrogen (secondary N) is 1. The van der Waals surface area contributed by atoms with Gasteiger partial charge in [-0.1, -0.05) is 90.5 Å². The summed E-state index contributed by atoms with van der Waals surface area (Å²) < 4.78 is 33.9. The Morgan fingerprint density at radius 1 is 0.806 bits per heavy atom. The van der Waals surface area contributed by atoms with Gasteiger partial charge in [0, 0.05) is 0 Å². The van der Waals surface area contributed by atoms with E-state index in [1.807, 2.05) is 61.5 Å². The van der Waals surface area contributed by atoms with Crippen LogP contribution in [-0.4, -0.2) is 28.0 Å². The summed E-state index contributed by atoms with van der Waals surface area (Å²) >= 11 is 0. The zero-order valence-electron chi connectivity index (χ0n) is 20.2. The van der Waals surface area contributed by atoms with E-state index >= 15 is 0 Å². The van der Waals surface area contributed by atoms with E-state index in [1.54, 1.807) is 42.5 Å². The van der Waals surface area contributed by atoms with E-state index in [0.29, 0.717) is 5.75 Å². The molecule has 0 radical (unpaired) electrons. The van der Waals surface area contributed by atoms with Gasteiger partial charge < -0.3 is 10.1 Å². The van der Waals surface area contributed by atoms with Crippen molar-refractivity contribution in [1.29, 1.82) is 0 Å². The molecule has 0 aromatic heterocycles. The Bertz CT molecular complexity index is 1410. The van der Waals surface area contributed by atoms with Crippen molar-refractivity contribution in [3.05, 3.63) is 126 Å². The van der Waals surface area contributed by atoms with Gasteiger partial charge in [0.05, 0.1) is 23.7 Å². The number of aryl methyl sites for hydroxylation is 1. The van der Waals surface area contributed by atoms with Crippen LogP contribution in [0.15, 0.2) is 114 Å². The fraction of sp³-hybridized carbons (Fsp3) is 0.138. The maximum absolute atomic E-state index is 13.7. The average molecular weight is 501 g/mol. The van der Waals surface area contributed by atoms with Gasteiger partial charge >= 0.3 is 0 Å². The van der Waals surface area contributed by atoms with Crippen LogP contribution >= 0.6 is 0 Å². The van der Waals surface area contributed by atoms with Crippen LogP contribution in [0.1, 0.15) is 22.7 Å². The van der Waals surface area contributed by atoms with E-state index in [-0.39, 0.29) is 10.6 Å². The highest BCUT2D eigenvalue weighted by Gasteiger charge is 2.30. The lowest BCUT2D eigenvalue weighted by molar-refractivity contribution is -0.120. The van der Waals surface area contributed by atoms with Crippen molar-refractivity contribution in [3.8, 4) is 5.75 Å². The molecule has 0 fully saturated rings. The zero-order chi connectivity index (χ0) is 25.5. The number of sulfonamides is 1. The predicted octanol–water partition coefficient (Wildman–Crippen LogP) is 5.10. The first-order chi connectivity index (χ1) is 17.4. The summed E-state index contributed by atoms with van der Waals surface area (Å²) in [5.74, 6) is -0.0993. The third kappa shape index (κ3) is 5.58. The Morgan fingerprint density at radius 3 is 2.00 bits per heavy atom. The van der Waals surface area contributed by atoms with Gasteiger partial charge in [0.1, 0.15) is 12.3 Å². The Morgan fingerprint density at radius 2 is 1.36 bits per heavy atom. The van der Waals surface area contributed by atoms with Crippen LogP contribution < -0.4 is 14.4 Å². The number of benzene rings is 4. The molecule has 0 aliphatic carbocycles. The van der Waals surface area contributed by atoms with E-state index in [9.17, 15) is 13.2 Å². The first kappa shape index (κ1) is 25.0. The average Bonchev–Trinajstić information content (AvgIpc) is 2.92. The fourth-order valence-electron chi connectivity index (χ4n) is 3.96. The van der Waals surface area contributed by atoms with Gasteiger partial charge in [0.15, 0.2) is 0 Å². The molecule has 1 atom stereocenters. The molecule has 4 rings (SSSR count). The van der Waals surface area contributed by atoms with Crippen molar-refractivity contribution in [2.45, 2.75) is 17.9 Å². The van der Waals surface area contributed by atoms with Crippen LogP contribution in [0, 0.1) is 6.92 Å². The molecule has 184 valence electrons. The highest BCUT2D eigenvalue weighted by Crippen LogP contribution is 2.32. The molecule has 0 bridgehead atoms. The fourth-order valence-corrected chi connectivity index (χ4v) is 5.41. The number of para-hydroxylation sites is 2. The zero-order valence-corrected chi connectivity index (χ0v) is 21.0. The molecule has 4 aromatic rings. The van der Waals surface area contributed by atoms with Crippen LogP contribution in [0.4, 0.5) is 5.69 Å². The molecular formula is C29H28N2O4S. The molecule has 0 saturated carbocycles. The number of nitrogens with zero attached hydrogens (tertiary/aromatic N) is 1. The normalized spacial score (nSPS) is 11.9. The number of carbonyl (C=O) groups excluding carboxylic acids is 1. The molecule has 1 amide bonds. The van der Waals surface area contributed by atoms with E-state index in [2.05, 4.69) is 5.32 Å². The van der Waals surface area contributed by atoms with Gasteiger partial charge in [-0.2, -0.15) is 0 Å². The van der Waals surface area contributed by atoms with E-state index in [4.69, 9.17) is 4.74 Å². The van der Waals surface area contributed by atoms with Crippen molar-refractivity contribution >= 4 is 21.6 Å². The lowest BCUT2D eigenvalue weighted by Gasteiger charge is -2.27. The van der Waals surface area contributed by atoms with Crippen LogP contribution in [0.25, 0.3) is 0 Å². The standard InChI is InChI=1S/C29H28N2O4S/c1-22-17-19-24(20-18-22)29(23-11-5-3-6-12-23)30-28(32)21-31(26-15-9-10-16-27(26)35-2)36(33,34)25-13-7-4-8-14-25/h3-20,29H,21H2,1-2H3,(H,30,32)/t29-/m0/s1. The summed E-state index contributed by atoms with van der Waals surface area (Å²) in [4.78, 5) is 13.6. The Balaban J connectivity index is 1.71. The van der Waals surface area contributed by atoms with Gasteiger partial charge in [0.25, 0.3) is 10.0 Å². The Kier molecular flexibility index (Phi) is 7.71. The lowest BCUT2D eigenvalue weighted by Crippen LogP contribution is -2.42. The molecule has 0 unspecified atom stereocenters. The minimum Gasteiger partial charge on any atom is -0.495 e. The van der Waals surface area contributed by atoms with Crippen LogP contribution in [0.5, 0.6) is 5.75 Å². The van der Waals surface area contributed by atoms with Crippen LogP contribution in [0.2, 0.25) is 0 Å². The molecule has 0 spiro atoms. The summed E-state index contributed by atoms with van der Waals surface area (Å²) in [6.45, 7) is 1.58. The number of amides is 1. The molecule has 1 N–H and O–H groups in total. The Hall–Kier alpha value is -4.10. The number of methoxy groups -OCH3 is 1. The largest absolute Gasteiger partial charge is 0.495 e. The number of hydrogen-bond donors (Lipinski definition) is 1. The topological polar surface area (TPSA) is 75.7 Å². The summed E-state index contributed by atoms with van der Waals surface area (Å²) in [5.41, 5.74) is 3.18. The molecule has 0 saturated heterocycles. The van der Waals surface area contributed by atoms with E-state index in [1.165, 1.54) is 19.2 Å². The van der Waals surface area contributed by atoms with Gasteiger partial charge in [-0.15, -0.1) is 0 Å². The first-order valence-corrected chi connectivity index (χ1v) is 13.0. The van der Waals surface area contributed by atoms with E-state index < -0.39 is 28.5 Å². The second-order valence-electron chi connectivity index (χ2n) is 8.32. The summed E-state index contributed by atoms with van der Waals surface area (Å²) in [6, 6.07) is 31.9. The summed E-state index contributed by atoms with van der Waals surface area (Å²) in [7, 11) is -2.59. The molecule has 0 aliphatic rings. The second kappa shape index (κ2) is 11.1. The monoisotopic (exact) mass is 500 g/mol. The number of hydrogen-bond acceptors (Lipinski definition) is 4. The molecule has 6 nitrogen and oxygen atoms in total. The van der Waals surface area contributed by atoms with Crippen molar-refractivity contribution in [3.63, 3.8) is 0 Å². The second-order valence-corrected chi connectivity index (χ2v) is 10.2. The third-order valence-corrected chi connectivity index (χ3v) is 7.60. The van der Waals surface area contributed by atoms with Gasteiger partial charge in [-0.25, -0.2) is 8.42 Å². The Labute approximate surface area is 212 Å².